The van der Waals surface area contributed by atoms with Gasteiger partial charge in [-0.2, -0.15) is 0 Å². The lowest BCUT2D eigenvalue weighted by atomic mass is 10.3. The fraction of sp³-hybridized carbons (Fsp3) is 0.250. The number of rotatable bonds is 2. The van der Waals surface area contributed by atoms with Crippen LogP contribution in [0.1, 0.15) is 6.92 Å². The summed E-state index contributed by atoms with van der Waals surface area (Å²) in [5.41, 5.74) is -0.500. The van der Waals surface area contributed by atoms with Gasteiger partial charge in [0, 0.05) is 6.92 Å². The zero-order valence-corrected chi connectivity index (χ0v) is 5.08. The van der Waals surface area contributed by atoms with Crippen molar-refractivity contribution in [3.8, 4) is 0 Å². The lowest BCUT2D eigenvalue weighted by Crippen LogP contribution is -2.17. The van der Waals surface area contributed by atoms with Crippen molar-refractivity contribution in [2.45, 2.75) is 6.92 Å². The van der Waals surface area contributed by atoms with E-state index in [2.05, 4.69) is 12.2 Å². The highest BCUT2D eigenvalue weighted by Crippen LogP contribution is 1.77. The third-order valence-electron chi connectivity index (χ3n) is 0.566. The molecule has 0 atom stereocenters. The molecule has 0 rings (SSSR count). The Morgan fingerprint density at radius 2 is 2.12 bits per heavy atom. The Morgan fingerprint density at radius 1 is 1.75 bits per heavy atom. The quantitative estimate of drug-likeness (QED) is 0.423. The van der Waals surface area contributed by atoms with Gasteiger partial charge in [-0.25, -0.2) is 0 Å². The van der Waals surface area contributed by atoms with Gasteiger partial charge in [-0.1, -0.05) is 0 Å². The molecule has 0 aromatic rings. The number of hydrogen-bond acceptors (Lipinski definition) is 3. The number of thiocarbonyl (C=S) groups is 1. The van der Waals surface area contributed by atoms with Crippen molar-refractivity contribution in [3.63, 3.8) is 0 Å². The molecule has 0 aromatic carbocycles. The minimum Gasteiger partial charge on any atom is -0.497 e. The highest BCUT2D eigenvalue weighted by molar-refractivity contribution is 7.82. The Kier molecular flexibility index (Phi) is 2.27. The maximum absolute atomic E-state index is 10.1. The maximum Gasteiger partial charge on any atom is 0.210 e. The summed E-state index contributed by atoms with van der Waals surface area (Å²) in [6, 6.07) is 0. The van der Waals surface area contributed by atoms with Crippen molar-refractivity contribution in [3.05, 3.63) is 0 Å². The monoisotopic (exact) mass is 131 g/mol. The van der Waals surface area contributed by atoms with Gasteiger partial charge in [-0.05, 0) is 12.2 Å². The number of nitrogens with one attached hydrogen (secondary N) is 1. The molecule has 0 fully saturated rings. The minimum absolute atomic E-state index is 0.500. The summed E-state index contributed by atoms with van der Waals surface area (Å²) in [6.07, 6.45) is 0. The Hall–Kier alpha value is -0.770. The van der Waals surface area contributed by atoms with E-state index in [9.17, 15) is 4.79 Å². The Labute approximate surface area is 51.8 Å². The van der Waals surface area contributed by atoms with Crippen LogP contribution in [0.2, 0.25) is 0 Å². The summed E-state index contributed by atoms with van der Waals surface area (Å²) in [5, 5.41) is 14.3. The van der Waals surface area contributed by atoms with Crippen LogP contribution in [0.4, 0.5) is 0 Å². The fourth-order valence-corrected chi connectivity index (χ4v) is 0.294. The van der Waals surface area contributed by atoms with E-state index in [-0.39, 0.29) is 0 Å². The standard InChI is InChI=1S/C4H5NO2S/c1-2(6)3(5)4(7)8/h5H,1H3,(H,7,8). The molecule has 0 saturated heterocycles. The molecule has 8 heavy (non-hydrogen) atoms. The van der Waals surface area contributed by atoms with Gasteiger partial charge in [-0.15, -0.1) is 0 Å². The lowest BCUT2D eigenvalue weighted by molar-refractivity contribution is -0.111. The average Bonchev–Trinajstić information content (AvgIpc) is 1.64. The van der Waals surface area contributed by atoms with Gasteiger partial charge < -0.3 is 5.11 Å². The molecule has 3 nitrogen and oxygen atoms in total. The van der Waals surface area contributed by atoms with E-state index < -0.39 is 16.5 Å². The molecule has 4 heteroatoms. The molecule has 0 bridgehead atoms. The summed E-state index contributed by atoms with van der Waals surface area (Å²) in [5.74, 6) is -0.516. The van der Waals surface area contributed by atoms with Gasteiger partial charge in [0.2, 0.25) is 5.05 Å². The van der Waals surface area contributed by atoms with E-state index in [4.69, 9.17) is 10.5 Å². The van der Waals surface area contributed by atoms with Crippen LogP contribution in [0.5, 0.6) is 0 Å². The number of hydrogen-bond donors (Lipinski definition) is 2. The zero-order chi connectivity index (χ0) is 6.73. The Morgan fingerprint density at radius 3 is 2.12 bits per heavy atom. The van der Waals surface area contributed by atoms with Crippen molar-refractivity contribution in [2.24, 2.45) is 0 Å². The number of carbonyl (C=O) groups is 1. The molecule has 0 aromatic heterocycles. The maximum atomic E-state index is 10.1. The summed E-state index contributed by atoms with van der Waals surface area (Å²) < 4.78 is 0. The Bertz CT molecular complexity index is 136. The van der Waals surface area contributed by atoms with Crippen molar-refractivity contribution in [2.75, 3.05) is 0 Å². The topological polar surface area (TPSA) is 61.2 Å². The molecular formula is C4H5NO2S. The molecule has 2 N–H and O–H groups in total. The third-order valence-corrected chi connectivity index (χ3v) is 0.770. The zero-order valence-electron chi connectivity index (χ0n) is 4.26. The van der Waals surface area contributed by atoms with E-state index in [1.165, 1.54) is 6.92 Å². The predicted octanol–water partition coefficient (Wildman–Crippen LogP) is 0.481. The molecule has 0 aliphatic carbocycles. The smallest absolute Gasteiger partial charge is 0.210 e. The third kappa shape index (κ3) is 1.79. The van der Waals surface area contributed by atoms with Crippen LogP contribution >= 0.6 is 12.2 Å². The first-order valence-corrected chi connectivity index (χ1v) is 2.29. The molecule has 0 spiro atoms. The van der Waals surface area contributed by atoms with E-state index in [0.29, 0.717) is 0 Å². The Balaban J connectivity index is 4.05. The molecule has 0 amide bonds. The number of aliphatic hydroxyl groups is 1. The second-order valence-corrected chi connectivity index (χ2v) is 1.62. The highest BCUT2D eigenvalue weighted by Gasteiger charge is 2.05. The van der Waals surface area contributed by atoms with Crippen LogP contribution in [-0.4, -0.2) is 21.7 Å². The largest absolute Gasteiger partial charge is 0.497 e. The number of Topliss-reactive ketones (excluding diaryl/α,β-unsaturated/α-hetero) is 1. The van der Waals surface area contributed by atoms with Crippen molar-refractivity contribution in [1.82, 2.24) is 0 Å². The molecule has 0 unspecified atom stereocenters. The molecule has 44 valence electrons. The fourth-order valence-electron chi connectivity index (χ4n) is 0.151. The normalized spacial score (nSPS) is 8.12. The molecule has 0 radical (unpaired) electrons. The van der Waals surface area contributed by atoms with Crippen LogP contribution in [0.25, 0.3) is 0 Å². The van der Waals surface area contributed by atoms with Gasteiger partial charge in [0.25, 0.3) is 0 Å². The highest BCUT2D eigenvalue weighted by atomic mass is 32.1. The van der Waals surface area contributed by atoms with E-state index in [0.717, 1.165) is 0 Å². The molecule has 0 aliphatic rings. The van der Waals surface area contributed by atoms with Gasteiger partial charge in [0.05, 0.1) is 0 Å². The van der Waals surface area contributed by atoms with Crippen molar-refractivity contribution >= 4 is 28.8 Å². The van der Waals surface area contributed by atoms with Crippen LogP contribution in [0, 0.1) is 5.41 Å². The predicted molar refractivity (Wildman–Crippen MR) is 33.6 cm³/mol. The summed E-state index contributed by atoms with van der Waals surface area (Å²) in [4.78, 5) is 10.1. The van der Waals surface area contributed by atoms with Gasteiger partial charge in [0.15, 0.2) is 11.5 Å². The summed E-state index contributed by atoms with van der Waals surface area (Å²) in [7, 11) is 0. The SMILES string of the molecule is CC(=O)C(=N)C(O)=S. The average molecular weight is 131 g/mol. The summed E-state index contributed by atoms with van der Waals surface area (Å²) in [6.45, 7) is 1.17. The van der Waals surface area contributed by atoms with Crippen LogP contribution < -0.4 is 0 Å². The van der Waals surface area contributed by atoms with Crippen molar-refractivity contribution < 1.29 is 9.90 Å². The van der Waals surface area contributed by atoms with Gasteiger partial charge in [-0.3, -0.25) is 10.2 Å². The van der Waals surface area contributed by atoms with Crippen molar-refractivity contribution in [1.29, 1.82) is 5.41 Å². The first kappa shape index (κ1) is 7.23. The van der Waals surface area contributed by atoms with Gasteiger partial charge in [0.1, 0.15) is 0 Å². The first-order chi connectivity index (χ1) is 3.55. The first-order valence-electron chi connectivity index (χ1n) is 1.88. The van der Waals surface area contributed by atoms with Crippen LogP contribution in [0.15, 0.2) is 0 Å². The summed E-state index contributed by atoms with van der Waals surface area (Å²) >= 11 is 4.10. The van der Waals surface area contributed by atoms with Gasteiger partial charge >= 0.3 is 0 Å². The number of ketones is 1. The second kappa shape index (κ2) is 2.52. The minimum atomic E-state index is -0.641. The number of carbonyl (C=O) groups excluding carboxylic acids is 1. The molecule has 0 saturated carbocycles. The molecule has 0 aliphatic heterocycles. The van der Waals surface area contributed by atoms with E-state index in [1.54, 1.807) is 0 Å². The lowest BCUT2D eigenvalue weighted by Gasteiger charge is -1.88. The van der Waals surface area contributed by atoms with Crippen LogP contribution in [0.3, 0.4) is 0 Å². The molecule has 0 heterocycles. The van der Waals surface area contributed by atoms with Crippen LogP contribution in [-0.2, 0) is 4.79 Å². The number of aliphatic hydroxyl groups excluding tert-OH is 1. The molecular weight excluding hydrogens is 126 g/mol. The van der Waals surface area contributed by atoms with E-state index >= 15 is 0 Å². The van der Waals surface area contributed by atoms with E-state index in [1.807, 2.05) is 0 Å². The second-order valence-electron chi connectivity index (χ2n) is 1.24.